The Morgan fingerprint density at radius 2 is 2.29 bits per heavy atom. The summed E-state index contributed by atoms with van der Waals surface area (Å²) in [7, 11) is 0. The highest BCUT2D eigenvalue weighted by atomic mass is 32.1. The summed E-state index contributed by atoms with van der Waals surface area (Å²) < 4.78 is 5.87. The topological polar surface area (TPSA) is 34.1 Å². The molecule has 0 saturated heterocycles. The van der Waals surface area contributed by atoms with Crippen LogP contribution in [0.1, 0.15) is 50.8 Å². The normalized spacial score (nSPS) is 19.4. The molecule has 17 heavy (non-hydrogen) atoms. The highest BCUT2D eigenvalue weighted by Crippen LogP contribution is 2.20. The van der Waals surface area contributed by atoms with Gasteiger partial charge >= 0.3 is 0 Å². The van der Waals surface area contributed by atoms with Gasteiger partial charge in [0.1, 0.15) is 0 Å². The molecule has 1 atom stereocenters. The number of thiazole rings is 1. The summed E-state index contributed by atoms with van der Waals surface area (Å²) in [5.41, 5.74) is 3.01. The first-order valence-electron chi connectivity index (χ1n) is 6.59. The zero-order chi connectivity index (χ0) is 11.9. The lowest BCUT2D eigenvalue weighted by Crippen LogP contribution is -2.26. The molecule has 1 fully saturated rings. The van der Waals surface area contributed by atoms with Crippen LogP contribution in [0.2, 0.25) is 0 Å². The van der Waals surface area contributed by atoms with E-state index in [0.717, 1.165) is 18.8 Å². The van der Waals surface area contributed by atoms with Crippen molar-refractivity contribution in [2.45, 2.75) is 51.2 Å². The fourth-order valence-electron chi connectivity index (χ4n) is 2.27. The van der Waals surface area contributed by atoms with Crippen molar-refractivity contribution in [1.29, 1.82) is 0 Å². The maximum absolute atomic E-state index is 5.87. The number of rotatable bonds is 6. The van der Waals surface area contributed by atoms with Crippen LogP contribution in [0.15, 0.2) is 10.9 Å². The van der Waals surface area contributed by atoms with Crippen molar-refractivity contribution in [3.8, 4) is 0 Å². The molecule has 0 radical (unpaired) electrons. The first-order valence-corrected chi connectivity index (χ1v) is 7.53. The molecule has 0 aromatic carbocycles. The Bertz CT molecular complexity index is 296. The van der Waals surface area contributed by atoms with E-state index in [2.05, 4.69) is 22.6 Å². The van der Waals surface area contributed by atoms with Crippen LogP contribution >= 0.6 is 11.3 Å². The van der Waals surface area contributed by atoms with Gasteiger partial charge in [-0.1, -0.05) is 19.3 Å². The van der Waals surface area contributed by atoms with Gasteiger partial charge in [-0.2, -0.15) is 0 Å². The third-order valence-corrected chi connectivity index (χ3v) is 3.96. The van der Waals surface area contributed by atoms with Gasteiger partial charge in [-0.15, -0.1) is 11.3 Å². The lowest BCUT2D eigenvalue weighted by atomic mass is 9.98. The van der Waals surface area contributed by atoms with Gasteiger partial charge in [0.05, 0.1) is 23.9 Å². The molecule has 1 aliphatic carbocycles. The van der Waals surface area contributed by atoms with Crippen LogP contribution in [0.5, 0.6) is 0 Å². The van der Waals surface area contributed by atoms with Gasteiger partial charge in [0.15, 0.2) is 0 Å². The number of ether oxygens (including phenoxy) is 1. The third-order valence-electron chi connectivity index (χ3n) is 3.35. The average molecular weight is 254 g/mol. The molecular formula is C13H22N2OS. The predicted molar refractivity (Wildman–Crippen MR) is 71.4 cm³/mol. The second-order valence-corrected chi connectivity index (χ2v) is 5.44. The zero-order valence-corrected chi connectivity index (χ0v) is 11.3. The predicted octanol–water partition coefficient (Wildman–Crippen LogP) is 3.14. The van der Waals surface area contributed by atoms with E-state index in [1.165, 1.54) is 32.1 Å². The average Bonchev–Trinajstić information content (AvgIpc) is 2.89. The molecule has 0 spiro atoms. The monoisotopic (exact) mass is 254 g/mol. The van der Waals surface area contributed by atoms with Crippen LogP contribution in [0, 0.1) is 0 Å². The minimum absolute atomic E-state index is 0.330. The van der Waals surface area contributed by atoms with Gasteiger partial charge in [0.2, 0.25) is 0 Å². The number of nitrogens with one attached hydrogen (secondary N) is 1. The molecule has 1 heterocycles. The highest BCUT2D eigenvalue weighted by Gasteiger charge is 2.13. The molecular weight excluding hydrogens is 232 g/mol. The van der Waals surface area contributed by atoms with E-state index < -0.39 is 0 Å². The second-order valence-electron chi connectivity index (χ2n) is 4.72. The van der Waals surface area contributed by atoms with Crippen molar-refractivity contribution in [3.63, 3.8) is 0 Å². The van der Waals surface area contributed by atoms with E-state index in [1.807, 2.05) is 5.51 Å². The maximum Gasteiger partial charge on any atom is 0.0795 e. The summed E-state index contributed by atoms with van der Waals surface area (Å²) in [5.74, 6) is 0. The Labute approximate surface area is 108 Å². The van der Waals surface area contributed by atoms with Gasteiger partial charge in [0.25, 0.3) is 0 Å². The Balaban J connectivity index is 1.56. The summed E-state index contributed by atoms with van der Waals surface area (Å²) >= 11 is 1.65. The fraction of sp³-hybridized carbons (Fsp3) is 0.769. The molecule has 96 valence electrons. The van der Waals surface area contributed by atoms with E-state index in [1.54, 1.807) is 11.3 Å². The van der Waals surface area contributed by atoms with Gasteiger partial charge in [0, 0.05) is 18.0 Å². The van der Waals surface area contributed by atoms with Crippen LogP contribution < -0.4 is 5.32 Å². The Morgan fingerprint density at radius 3 is 3.00 bits per heavy atom. The molecule has 0 aliphatic heterocycles. The van der Waals surface area contributed by atoms with E-state index in [-0.39, 0.29) is 0 Å². The smallest absolute Gasteiger partial charge is 0.0795 e. The summed E-state index contributed by atoms with van der Waals surface area (Å²) in [6, 6.07) is 0.330. The van der Waals surface area contributed by atoms with Crippen LogP contribution in [0.25, 0.3) is 0 Å². The molecule has 1 aromatic heterocycles. The standard InChI is InChI=1S/C13H22N2OS/c1-11(13-9-17-10-15-13)14-7-8-16-12-5-3-2-4-6-12/h9-12,14H,2-8H2,1H3. The largest absolute Gasteiger partial charge is 0.377 e. The van der Waals surface area contributed by atoms with E-state index >= 15 is 0 Å². The minimum atomic E-state index is 0.330. The lowest BCUT2D eigenvalue weighted by molar-refractivity contribution is 0.0295. The molecule has 1 N–H and O–H groups in total. The number of aromatic nitrogens is 1. The molecule has 2 rings (SSSR count). The molecule has 3 nitrogen and oxygen atoms in total. The zero-order valence-electron chi connectivity index (χ0n) is 10.5. The quantitative estimate of drug-likeness (QED) is 0.792. The molecule has 4 heteroatoms. The van der Waals surface area contributed by atoms with E-state index in [0.29, 0.717) is 12.1 Å². The molecule has 0 bridgehead atoms. The molecule has 1 unspecified atom stereocenters. The summed E-state index contributed by atoms with van der Waals surface area (Å²) in [4.78, 5) is 4.30. The third kappa shape index (κ3) is 4.37. The van der Waals surface area contributed by atoms with Crippen molar-refractivity contribution in [1.82, 2.24) is 10.3 Å². The highest BCUT2D eigenvalue weighted by molar-refractivity contribution is 7.07. The maximum atomic E-state index is 5.87. The number of hydrogen-bond acceptors (Lipinski definition) is 4. The van der Waals surface area contributed by atoms with Crippen molar-refractivity contribution in [2.24, 2.45) is 0 Å². The number of hydrogen-bond donors (Lipinski definition) is 1. The van der Waals surface area contributed by atoms with Gasteiger partial charge in [-0.25, -0.2) is 4.98 Å². The first-order chi connectivity index (χ1) is 8.36. The van der Waals surface area contributed by atoms with Crippen LogP contribution in [0.4, 0.5) is 0 Å². The van der Waals surface area contributed by atoms with Crippen molar-refractivity contribution in [2.75, 3.05) is 13.2 Å². The van der Waals surface area contributed by atoms with Crippen LogP contribution in [-0.2, 0) is 4.74 Å². The Hall–Kier alpha value is -0.450. The minimum Gasteiger partial charge on any atom is -0.377 e. The van der Waals surface area contributed by atoms with Gasteiger partial charge in [-0.3, -0.25) is 0 Å². The van der Waals surface area contributed by atoms with Gasteiger partial charge < -0.3 is 10.1 Å². The van der Waals surface area contributed by atoms with E-state index in [9.17, 15) is 0 Å². The SMILES string of the molecule is CC(NCCOC1CCCCC1)c1cscn1. The van der Waals surface area contributed by atoms with Crippen molar-refractivity contribution < 1.29 is 4.74 Å². The summed E-state index contributed by atoms with van der Waals surface area (Å²) in [6.45, 7) is 3.88. The molecule has 1 aliphatic rings. The Morgan fingerprint density at radius 1 is 1.47 bits per heavy atom. The summed E-state index contributed by atoms with van der Waals surface area (Å²) in [5, 5.41) is 5.54. The molecule has 0 amide bonds. The van der Waals surface area contributed by atoms with E-state index in [4.69, 9.17) is 4.74 Å². The Kier molecular flexibility index (Phi) is 5.42. The second kappa shape index (κ2) is 7.09. The van der Waals surface area contributed by atoms with Gasteiger partial charge in [-0.05, 0) is 19.8 Å². The first kappa shape index (κ1) is 13.0. The molecule has 1 aromatic rings. The summed E-state index contributed by atoms with van der Waals surface area (Å²) in [6.07, 6.45) is 7.09. The lowest BCUT2D eigenvalue weighted by Gasteiger charge is -2.22. The van der Waals surface area contributed by atoms with Crippen molar-refractivity contribution >= 4 is 11.3 Å². The molecule has 1 saturated carbocycles. The fourth-order valence-corrected chi connectivity index (χ4v) is 2.92. The van der Waals surface area contributed by atoms with Crippen LogP contribution in [0.3, 0.4) is 0 Å². The van der Waals surface area contributed by atoms with Crippen molar-refractivity contribution in [3.05, 3.63) is 16.6 Å². The van der Waals surface area contributed by atoms with Crippen LogP contribution in [-0.4, -0.2) is 24.2 Å². The number of nitrogens with zero attached hydrogens (tertiary/aromatic N) is 1.